The molecule has 0 fully saturated rings. The van der Waals surface area contributed by atoms with Crippen molar-refractivity contribution >= 4 is 12.4 Å². The molecule has 0 bridgehead atoms. The zero-order valence-electron chi connectivity index (χ0n) is 8.37. The first-order valence-corrected chi connectivity index (χ1v) is 4.68. The second-order valence-electron chi connectivity index (χ2n) is 3.22. The van der Waals surface area contributed by atoms with Crippen LogP contribution in [0.5, 0.6) is 0 Å². The predicted octanol–water partition coefficient (Wildman–Crippen LogP) is 2.60. The van der Waals surface area contributed by atoms with Gasteiger partial charge in [0.05, 0.1) is 0 Å². The van der Waals surface area contributed by atoms with E-state index in [1.54, 1.807) is 6.92 Å². The molecule has 0 aromatic heterocycles. The molecule has 3 heteroatoms. The first-order chi connectivity index (χ1) is 6.29. The molecule has 1 aromatic rings. The van der Waals surface area contributed by atoms with Crippen LogP contribution in [0.25, 0.3) is 0 Å². The van der Waals surface area contributed by atoms with Gasteiger partial charge in [0.15, 0.2) is 0 Å². The second kappa shape index (κ2) is 7.77. The largest absolute Gasteiger partial charge is 0.314 e. The van der Waals surface area contributed by atoms with E-state index in [0.29, 0.717) is 6.54 Å². The summed E-state index contributed by atoms with van der Waals surface area (Å²) in [4.78, 5) is 0. The van der Waals surface area contributed by atoms with Gasteiger partial charge in [-0.05, 0) is 25.5 Å². The number of hydrogen-bond donors (Lipinski definition) is 1. The number of nitrogens with one attached hydrogen (secondary N) is 1. The summed E-state index contributed by atoms with van der Waals surface area (Å²) < 4.78 is 12.4. The summed E-state index contributed by atoms with van der Waals surface area (Å²) in [6, 6.07) is 10.2. The molecule has 0 saturated heterocycles. The van der Waals surface area contributed by atoms with Gasteiger partial charge in [-0.15, -0.1) is 12.4 Å². The summed E-state index contributed by atoms with van der Waals surface area (Å²) in [6.07, 6.45) is 0.212. The Hall–Kier alpha value is -0.600. The SMILES string of the molecule is CC(F)CNCCc1ccccc1.Cl. The van der Waals surface area contributed by atoms with Crippen LogP contribution in [0.3, 0.4) is 0 Å². The number of halogens is 2. The minimum absolute atomic E-state index is 0. The lowest BCUT2D eigenvalue weighted by Crippen LogP contribution is -2.24. The molecule has 14 heavy (non-hydrogen) atoms. The van der Waals surface area contributed by atoms with Crippen LogP contribution in [0.2, 0.25) is 0 Å². The summed E-state index contributed by atoms with van der Waals surface area (Å²) in [5.41, 5.74) is 1.29. The third-order valence-electron chi connectivity index (χ3n) is 1.86. The fourth-order valence-corrected chi connectivity index (χ4v) is 1.18. The first-order valence-electron chi connectivity index (χ1n) is 4.68. The van der Waals surface area contributed by atoms with Crippen LogP contribution in [0, 0.1) is 0 Å². The first kappa shape index (κ1) is 13.4. The highest BCUT2D eigenvalue weighted by atomic mass is 35.5. The lowest BCUT2D eigenvalue weighted by molar-refractivity contribution is 0.345. The highest BCUT2D eigenvalue weighted by Crippen LogP contribution is 1.98. The van der Waals surface area contributed by atoms with Gasteiger partial charge in [-0.3, -0.25) is 0 Å². The Bertz CT molecular complexity index is 226. The second-order valence-corrected chi connectivity index (χ2v) is 3.22. The third-order valence-corrected chi connectivity index (χ3v) is 1.86. The van der Waals surface area contributed by atoms with Gasteiger partial charge in [0.25, 0.3) is 0 Å². The molecule has 1 aromatic carbocycles. The van der Waals surface area contributed by atoms with E-state index in [4.69, 9.17) is 0 Å². The van der Waals surface area contributed by atoms with E-state index in [-0.39, 0.29) is 12.4 Å². The quantitative estimate of drug-likeness (QED) is 0.748. The van der Waals surface area contributed by atoms with E-state index in [1.165, 1.54) is 5.56 Å². The van der Waals surface area contributed by atoms with Crippen LogP contribution in [-0.4, -0.2) is 19.3 Å². The fourth-order valence-electron chi connectivity index (χ4n) is 1.18. The maximum Gasteiger partial charge on any atom is 0.110 e. The summed E-state index contributed by atoms with van der Waals surface area (Å²) in [6.45, 7) is 2.86. The van der Waals surface area contributed by atoms with Crippen molar-refractivity contribution in [3.05, 3.63) is 35.9 Å². The highest BCUT2D eigenvalue weighted by Gasteiger charge is 1.96. The van der Waals surface area contributed by atoms with Gasteiger partial charge in [-0.1, -0.05) is 30.3 Å². The highest BCUT2D eigenvalue weighted by molar-refractivity contribution is 5.85. The molecule has 0 amide bonds. The molecule has 0 radical (unpaired) electrons. The summed E-state index contributed by atoms with van der Waals surface area (Å²) in [5.74, 6) is 0. The van der Waals surface area contributed by atoms with Crippen LogP contribution in [0.15, 0.2) is 30.3 Å². The maximum absolute atomic E-state index is 12.4. The lowest BCUT2D eigenvalue weighted by atomic mass is 10.1. The van der Waals surface area contributed by atoms with Crippen molar-refractivity contribution in [1.82, 2.24) is 5.32 Å². The van der Waals surface area contributed by atoms with E-state index in [1.807, 2.05) is 18.2 Å². The molecule has 1 atom stereocenters. The molecule has 0 aliphatic carbocycles. The van der Waals surface area contributed by atoms with Crippen molar-refractivity contribution < 1.29 is 4.39 Å². The van der Waals surface area contributed by atoms with Crippen LogP contribution < -0.4 is 5.32 Å². The standard InChI is InChI=1S/C11H16FN.ClH/c1-10(12)9-13-8-7-11-5-3-2-4-6-11;/h2-6,10,13H,7-9H2,1H3;1H. The number of alkyl halides is 1. The molecule has 1 unspecified atom stereocenters. The Labute approximate surface area is 91.1 Å². The molecule has 1 N–H and O–H groups in total. The van der Waals surface area contributed by atoms with E-state index in [2.05, 4.69) is 17.4 Å². The molecule has 1 nitrogen and oxygen atoms in total. The van der Waals surface area contributed by atoms with Gasteiger partial charge in [-0.2, -0.15) is 0 Å². The monoisotopic (exact) mass is 217 g/mol. The number of benzene rings is 1. The maximum atomic E-state index is 12.4. The molecule has 1 rings (SSSR count). The van der Waals surface area contributed by atoms with E-state index in [9.17, 15) is 4.39 Å². The number of hydrogen-bond acceptors (Lipinski definition) is 1. The predicted molar refractivity (Wildman–Crippen MR) is 60.8 cm³/mol. The Kier molecular flexibility index (Phi) is 7.44. The van der Waals surface area contributed by atoms with Crippen molar-refractivity contribution in [2.24, 2.45) is 0 Å². The molecule has 0 heterocycles. The van der Waals surface area contributed by atoms with E-state index >= 15 is 0 Å². The Morgan fingerprint density at radius 2 is 1.93 bits per heavy atom. The van der Waals surface area contributed by atoms with Gasteiger partial charge >= 0.3 is 0 Å². The van der Waals surface area contributed by atoms with Crippen LogP contribution in [0.1, 0.15) is 12.5 Å². The van der Waals surface area contributed by atoms with Crippen molar-refractivity contribution in [1.29, 1.82) is 0 Å². The summed E-state index contributed by atoms with van der Waals surface area (Å²) in [5, 5.41) is 3.06. The molecule has 0 saturated carbocycles. The van der Waals surface area contributed by atoms with Gasteiger partial charge < -0.3 is 5.32 Å². The zero-order chi connectivity index (χ0) is 9.52. The molecule has 0 aliphatic rings. The van der Waals surface area contributed by atoms with Gasteiger partial charge in [0.2, 0.25) is 0 Å². The normalized spacial score (nSPS) is 11.9. The molecule has 80 valence electrons. The third kappa shape index (κ3) is 5.95. The van der Waals surface area contributed by atoms with E-state index < -0.39 is 6.17 Å². The Morgan fingerprint density at radius 1 is 1.29 bits per heavy atom. The van der Waals surface area contributed by atoms with Gasteiger partial charge in [-0.25, -0.2) is 4.39 Å². The van der Waals surface area contributed by atoms with Crippen molar-refractivity contribution in [2.45, 2.75) is 19.5 Å². The van der Waals surface area contributed by atoms with Crippen molar-refractivity contribution in [2.75, 3.05) is 13.1 Å². The minimum Gasteiger partial charge on any atom is -0.314 e. The molecule has 0 spiro atoms. The van der Waals surface area contributed by atoms with Crippen LogP contribution in [-0.2, 0) is 6.42 Å². The van der Waals surface area contributed by atoms with Crippen LogP contribution in [0.4, 0.5) is 4.39 Å². The lowest BCUT2D eigenvalue weighted by Gasteiger charge is -2.04. The average Bonchev–Trinajstić information content (AvgIpc) is 2.14. The van der Waals surface area contributed by atoms with Crippen LogP contribution >= 0.6 is 12.4 Å². The molecule has 0 aliphatic heterocycles. The van der Waals surface area contributed by atoms with E-state index in [0.717, 1.165) is 13.0 Å². The summed E-state index contributed by atoms with van der Waals surface area (Å²) >= 11 is 0. The van der Waals surface area contributed by atoms with Gasteiger partial charge in [0.1, 0.15) is 6.17 Å². The van der Waals surface area contributed by atoms with Crippen molar-refractivity contribution in [3.63, 3.8) is 0 Å². The zero-order valence-corrected chi connectivity index (χ0v) is 9.19. The average molecular weight is 218 g/mol. The Morgan fingerprint density at radius 3 is 2.50 bits per heavy atom. The molecular weight excluding hydrogens is 201 g/mol. The number of rotatable bonds is 5. The Balaban J connectivity index is 0.00000169. The minimum atomic E-state index is -0.754. The fraction of sp³-hybridized carbons (Fsp3) is 0.455. The van der Waals surface area contributed by atoms with Crippen molar-refractivity contribution in [3.8, 4) is 0 Å². The smallest absolute Gasteiger partial charge is 0.110 e. The van der Waals surface area contributed by atoms with Gasteiger partial charge in [0, 0.05) is 6.54 Å². The summed E-state index contributed by atoms with van der Waals surface area (Å²) in [7, 11) is 0. The molecular formula is C11H17ClFN. The topological polar surface area (TPSA) is 12.0 Å².